The van der Waals surface area contributed by atoms with Crippen molar-refractivity contribution >= 4 is 27.5 Å². The van der Waals surface area contributed by atoms with E-state index in [0.717, 1.165) is 6.42 Å². The number of sulfonamides is 1. The third-order valence-electron chi connectivity index (χ3n) is 5.78. The normalized spacial score (nSPS) is 15.2. The van der Waals surface area contributed by atoms with E-state index in [2.05, 4.69) is 10.3 Å². The molecule has 1 aromatic heterocycles. The number of rotatable bonds is 8. The average molecular weight is 528 g/mol. The fraction of sp³-hybridized carbons (Fsp3) is 0.538. The van der Waals surface area contributed by atoms with Gasteiger partial charge < -0.3 is 5.32 Å². The fourth-order valence-electron chi connectivity index (χ4n) is 3.83. The summed E-state index contributed by atoms with van der Waals surface area (Å²) in [5.74, 6) is -0.744. The van der Waals surface area contributed by atoms with E-state index in [4.69, 9.17) is 11.6 Å². The van der Waals surface area contributed by atoms with Crippen molar-refractivity contribution < 1.29 is 17.6 Å². The first kappa shape index (κ1) is 31.0. The maximum atomic E-state index is 13.9. The highest BCUT2D eigenvalue weighted by Gasteiger charge is 2.40. The Labute approximate surface area is 215 Å². The number of amides is 1. The Morgan fingerprint density at radius 3 is 2.23 bits per heavy atom. The smallest absolute Gasteiger partial charge is 0.251 e. The Hall–Kier alpha value is -2.03. The molecule has 6 nitrogen and oxygen atoms in total. The summed E-state index contributed by atoms with van der Waals surface area (Å²) in [6.45, 7) is 10.8. The first-order valence-electron chi connectivity index (χ1n) is 12.4. The van der Waals surface area contributed by atoms with Gasteiger partial charge in [-0.2, -0.15) is 4.39 Å². The molecule has 0 bridgehead atoms. The number of nitrogens with zero attached hydrogens (tertiary/aromatic N) is 2. The summed E-state index contributed by atoms with van der Waals surface area (Å²) in [5, 5.41) is 3.46. The number of benzene rings is 1. The molecule has 196 valence electrons. The molecule has 3 rings (SSSR count). The van der Waals surface area contributed by atoms with Gasteiger partial charge in [0.2, 0.25) is 16.0 Å². The monoisotopic (exact) mass is 527 g/mol. The molecule has 1 saturated heterocycles. The van der Waals surface area contributed by atoms with Gasteiger partial charge in [-0.1, -0.05) is 58.7 Å². The first-order valence-corrected chi connectivity index (χ1v) is 14.4. The van der Waals surface area contributed by atoms with E-state index in [1.54, 1.807) is 36.4 Å². The van der Waals surface area contributed by atoms with Gasteiger partial charge in [-0.15, -0.1) is 0 Å². The zero-order valence-corrected chi connectivity index (χ0v) is 23.1. The summed E-state index contributed by atoms with van der Waals surface area (Å²) in [6.07, 6.45) is 2.30. The van der Waals surface area contributed by atoms with E-state index in [1.165, 1.54) is 10.4 Å². The Balaban J connectivity index is 0.00000145. The van der Waals surface area contributed by atoms with Crippen LogP contribution in [0.5, 0.6) is 0 Å². The maximum Gasteiger partial charge on any atom is 0.251 e. The summed E-state index contributed by atoms with van der Waals surface area (Å²) >= 11 is 5.89. The van der Waals surface area contributed by atoms with Crippen molar-refractivity contribution in [3.8, 4) is 0 Å². The highest BCUT2D eigenvalue weighted by Crippen LogP contribution is 2.35. The lowest BCUT2D eigenvalue weighted by Gasteiger charge is -2.41. The third kappa shape index (κ3) is 8.85. The van der Waals surface area contributed by atoms with E-state index in [1.807, 2.05) is 34.6 Å². The van der Waals surface area contributed by atoms with Crippen LogP contribution in [0.25, 0.3) is 0 Å². The molecule has 0 aliphatic carbocycles. The Kier molecular flexibility index (Phi) is 13.4. The summed E-state index contributed by atoms with van der Waals surface area (Å²) in [4.78, 5) is 16.7. The Bertz CT molecular complexity index is 1010. The standard InChI is InChI=1S/C22H27ClFN3O3S.2C2H6/c1-2-3-15-31(29,30)27-13-11-22(12-14-27,19-5-4-6-20(24)26-19)16-25-21(28)17-7-9-18(23)10-8-17;2*1-2/h4-10H,2-3,11-16H2,1H3,(H,25,28);2*1-2H3. The molecule has 2 aromatic rings. The first-order chi connectivity index (χ1) is 16.8. The van der Waals surface area contributed by atoms with Gasteiger partial charge in [0.15, 0.2) is 0 Å². The second-order valence-electron chi connectivity index (χ2n) is 7.88. The molecule has 1 fully saturated rings. The van der Waals surface area contributed by atoms with Crippen LogP contribution in [-0.4, -0.2) is 49.0 Å². The molecule has 35 heavy (non-hydrogen) atoms. The van der Waals surface area contributed by atoms with Gasteiger partial charge in [-0.3, -0.25) is 4.79 Å². The molecule has 2 heterocycles. The molecule has 1 N–H and O–H groups in total. The maximum absolute atomic E-state index is 13.9. The summed E-state index contributed by atoms with van der Waals surface area (Å²) in [7, 11) is -3.33. The highest BCUT2D eigenvalue weighted by atomic mass is 35.5. The second-order valence-corrected chi connectivity index (χ2v) is 10.4. The van der Waals surface area contributed by atoms with Crippen LogP contribution in [0, 0.1) is 5.95 Å². The number of nitrogens with one attached hydrogen (secondary N) is 1. The fourth-order valence-corrected chi connectivity index (χ4v) is 5.60. The van der Waals surface area contributed by atoms with Gasteiger partial charge in [0.05, 0.1) is 11.4 Å². The topological polar surface area (TPSA) is 79.4 Å². The lowest BCUT2D eigenvalue weighted by Crippen LogP contribution is -2.51. The van der Waals surface area contributed by atoms with Crippen LogP contribution in [0.2, 0.25) is 5.02 Å². The van der Waals surface area contributed by atoms with E-state index < -0.39 is 21.4 Å². The number of hydrogen-bond acceptors (Lipinski definition) is 4. The number of piperidine rings is 1. The number of carbonyl (C=O) groups is 1. The molecule has 0 saturated carbocycles. The van der Waals surface area contributed by atoms with E-state index >= 15 is 0 Å². The minimum absolute atomic E-state index is 0.127. The van der Waals surface area contributed by atoms with Gasteiger partial charge in [0.25, 0.3) is 5.91 Å². The minimum atomic E-state index is -3.33. The van der Waals surface area contributed by atoms with Crippen molar-refractivity contribution in [3.05, 3.63) is 64.7 Å². The molecule has 9 heteroatoms. The van der Waals surface area contributed by atoms with Crippen molar-refractivity contribution in [2.24, 2.45) is 0 Å². The van der Waals surface area contributed by atoms with E-state index in [0.29, 0.717) is 48.6 Å². The molecule has 1 aliphatic heterocycles. The largest absolute Gasteiger partial charge is 0.351 e. The predicted octanol–water partition coefficient (Wildman–Crippen LogP) is 5.82. The van der Waals surface area contributed by atoms with Crippen LogP contribution >= 0.6 is 11.6 Å². The Morgan fingerprint density at radius 2 is 1.69 bits per heavy atom. The van der Waals surface area contributed by atoms with Gasteiger partial charge in [0, 0.05) is 35.6 Å². The van der Waals surface area contributed by atoms with Crippen LogP contribution in [0.15, 0.2) is 42.5 Å². The molecular weight excluding hydrogens is 489 g/mol. The predicted molar refractivity (Wildman–Crippen MR) is 142 cm³/mol. The highest BCUT2D eigenvalue weighted by molar-refractivity contribution is 7.89. The van der Waals surface area contributed by atoms with Crippen molar-refractivity contribution in [2.45, 2.75) is 65.7 Å². The zero-order chi connectivity index (χ0) is 26.5. The molecule has 0 atom stereocenters. The van der Waals surface area contributed by atoms with Crippen LogP contribution in [0.4, 0.5) is 4.39 Å². The molecule has 0 radical (unpaired) electrons. The second kappa shape index (κ2) is 15.2. The SMILES string of the molecule is CC.CC.CCCCS(=O)(=O)N1CCC(CNC(=O)c2ccc(Cl)cc2)(c2cccc(F)n2)CC1. The van der Waals surface area contributed by atoms with Crippen LogP contribution < -0.4 is 5.32 Å². The van der Waals surface area contributed by atoms with Gasteiger partial charge in [0.1, 0.15) is 0 Å². The lowest BCUT2D eigenvalue weighted by atomic mass is 9.75. The van der Waals surface area contributed by atoms with Gasteiger partial charge >= 0.3 is 0 Å². The van der Waals surface area contributed by atoms with Gasteiger partial charge in [-0.05, 0) is 55.7 Å². The van der Waals surface area contributed by atoms with Crippen LogP contribution in [-0.2, 0) is 15.4 Å². The average Bonchev–Trinajstić information content (AvgIpc) is 2.89. The van der Waals surface area contributed by atoms with Crippen molar-refractivity contribution in [1.82, 2.24) is 14.6 Å². The number of aromatic nitrogens is 1. The number of unbranched alkanes of at least 4 members (excludes halogenated alkanes) is 1. The summed E-state index contributed by atoms with van der Waals surface area (Å²) < 4.78 is 40.6. The van der Waals surface area contributed by atoms with Crippen molar-refractivity contribution in [1.29, 1.82) is 0 Å². The summed E-state index contributed by atoms with van der Waals surface area (Å²) in [5.41, 5.74) is 0.335. The van der Waals surface area contributed by atoms with Crippen LogP contribution in [0.3, 0.4) is 0 Å². The zero-order valence-electron chi connectivity index (χ0n) is 21.5. The third-order valence-corrected chi connectivity index (χ3v) is 7.99. The molecular formula is C26H39ClFN3O3S. The summed E-state index contributed by atoms with van der Waals surface area (Å²) in [6, 6.07) is 11.1. The lowest BCUT2D eigenvalue weighted by molar-refractivity contribution is 0.0932. The Morgan fingerprint density at radius 1 is 1.09 bits per heavy atom. The number of halogens is 2. The van der Waals surface area contributed by atoms with Crippen molar-refractivity contribution in [2.75, 3.05) is 25.4 Å². The molecule has 1 aliphatic rings. The number of carbonyl (C=O) groups excluding carboxylic acids is 1. The molecule has 0 spiro atoms. The van der Waals surface area contributed by atoms with Gasteiger partial charge in [-0.25, -0.2) is 17.7 Å². The van der Waals surface area contributed by atoms with Crippen LogP contribution in [0.1, 0.15) is 76.4 Å². The minimum Gasteiger partial charge on any atom is -0.351 e. The number of pyridine rings is 1. The van der Waals surface area contributed by atoms with Crippen molar-refractivity contribution in [3.63, 3.8) is 0 Å². The molecule has 1 aromatic carbocycles. The number of hydrogen-bond donors (Lipinski definition) is 1. The van der Waals surface area contributed by atoms with E-state index in [-0.39, 0.29) is 18.2 Å². The van der Waals surface area contributed by atoms with E-state index in [9.17, 15) is 17.6 Å². The molecule has 0 unspecified atom stereocenters. The quantitative estimate of drug-likeness (QED) is 0.439. The molecule has 1 amide bonds.